The predicted octanol–water partition coefficient (Wildman–Crippen LogP) is 1.47. The number of fused-ring (bicyclic) bond motifs is 1. The molecule has 0 fully saturated rings. The summed E-state index contributed by atoms with van der Waals surface area (Å²) in [5.41, 5.74) is -0.661. The average molecular weight is 440 g/mol. The quantitative estimate of drug-likeness (QED) is 0.697. The van der Waals surface area contributed by atoms with Crippen molar-refractivity contribution in [2.75, 3.05) is 13.1 Å². The first-order valence-electron chi connectivity index (χ1n) is 8.61. The number of imide groups is 1. The van der Waals surface area contributed by atoms with Gasteiger partial charge in [-0.3, -0.25) is 19.3 Å². The first-order chi connectivity index (χ1) is 14.2. The summed E-state index contributed by atoms with van der Waals surface area (Å²) in [5.74, 6) is -2.09. The van der Waals surface area contributed by atoms with Crippen molar-refractivity contribution in [3.8, 4) is 0 Å². The van der Waals surface area contributed by atoms with E-state index in [2.05, 4.69) is 15.6 Å². The summed E-state index contributed by atoms with van der Waals surface area (Å²) in [7, 11) is 0. The van der Waals surface area contributed by atoms with Gasteiger partial charge in [-0.2, -0.15) is 18.2 Å². The molecule has 8 nitrogen and oxygen atoms in total. The van der Waals surface area contributed by atoms with Crippen molar-refractivity contribution in [2.45, 2.75) is 18.0 Å². The number of carbonyl (C=O) groups excluding carboxylic acids is 4. The molecule has 2 N–H and O–H groups in total. The van der Waals surface area contributed by atoms with Crippen LogP contribution < -0.4 is 10.6 Å². The monoisotopic (exact) mass is 440 g/mol. The molecule has 1 aromatic rings. The molecule has 2 aliphatic rings. The minimum absolute atomic E-state index is 0.120. The molecule has 0 aromatic heterocycles. The third kappa shape index (κ3) is 4.87. The van der Waals surface area contributed by atoms with Gasteiger partial charge >= 0.3 is 12.2 Å². The molecule has 30 heavy (non-hydrogen) atoms. The van der Waals surface area contributed by atoms with Gasteiger partial charge in [0, 0.05) is 6.54 Å². The lowest BCUT2D eigenvalue weighted by Crippen LogP contribution is -2.51. The molecule has 158 valence electrons. The number of rotatable bonds is 6. The number of hydrogen-bond acceptors (Lipinski definition) is 5. The molecular weight excluding hydrogens is 425 g/mol. The number of amides is 5. The van der Waals surface area contributed by atoms with Gasteiger partial charge in [-0.05, 0) is 23.1 Å². The van der Waals surface area contributed by atoms with E-state index in [0.29, 0.717) is 10.6 Å². The van der Waals surface area contributed by atoms with Crippen LogP contribution >= 0.6 is 11.8 Å². The Morgan fingerprint density at radius 1 is 1.13 bits per heavy atom. The van der Waals surface area contributed by atoms with E-state index in [4.69, 9.17) is 0 Å². The number of aliphatic imine (C=N–C) groups is 1. The van der Waals surface area contributed by atoms with Gasteiger partial charge in [0.15, 0.2) is 0 Å². The molecular formula is C18H15F3N4O4S. The summed E-state index contributed by atoms with van der Waals surface area (Å²) in [6.07, 6.45) is -3.01. The number of hydrogen-bond donors (Lipinski definition) is 2. The number of halogens is 3. The van der Waals surface area contributed by atoms with Crippen LogP contribution in [0.1, 0.15) is 11.1 Å². The number of nitrogens with one attached hydrogen (secondary N) is 2. The summed E-state index contributed by atoms with van der Waals surface area (Å²) in [4.78, 5) is 52.5. The molecule has 3 rings (SSSR count). The van der Waals surface area contributed by atoms with Crippen molar-refractivity contribution in [3.63, 3.8) is 0 Å². The van der Waals surface area contributed by atoms with E-state index in [9.17, 15) is 32.3 Å². The molecule has 0 saturated carbocycles. The summed E-state index contributed by atoms with van der Waals surface area (Å²) in [5, 5.41) is 5.46. The Morgan fingerprint density at radius 3 is 2.60 bits per heavy atom. The lowest BCUT2D eigenvalue weighted by Gasteiger charge is -2.25. The maximum Gasteiger partial charge on any atom is 0.416 e. The highest BCUT2D eigenvalue weighted by Crippen LogP contribution is 2.31. The van der Waals surface area contributed by atoms with Crippen LogP contribution in [0.3, 0.4) is 0 Å². The van der Waals surface area contributed by atoms with Crippen molar-refractivity contribution >= 4 is 41.2 Å². The third-order valence-corrected chi connectivity index (χ3v) is 5.22. The zero-order valence-corrected chi connectivity index (χ0v) is 16.0. The van der Waals surface area contributed by atoms with E-state index in [1.807, 2.05) is 0 Å². The molecule has 1 aromatic carbocycles. The highest BCUT2D eigenvalue weighted by atomic mass is 32.2. The summed E-state index contributed by atoms with van der Waals surface area (Å²) in [6.45, 7) is -1.52. The maximum atomic E-state index is 12.9. The number of carbonyl (C=O) groups is 4. The van der Waals surface area contributed by atoms with Crippen LogP contribution in [0.15, 0.2) is 40.7 Å². The Bertz CT molecular complexity index is 961. The van der Waals surface area contributed by atoms with Gasteiger partial charge in [-0.25, -0.2) is 4.79 Å². The van der Waals surface area contributed by atoms with Crippen LogP contribution in [0.5, 0.6) is 0 Å². The average Bonchev–Trinajstić information content (AvgIpc) is 3.16. The molecule has 0 saturated heterocycles. The second-order valence-corrected chi connectivity index (χ2v) is 7.29. The molecule has 5 amide bonds. The molecule has 0 radical (unpaired) electrons. The summed E-state index contributed by atoms with van der Waals surface area (Å²) >= 11 is 1.16. The zero-order valence-electron chi connectivity index (χ0n) is 15.2. The van der Waals surface area contributed by atoms with Gasteiger partial charge in [-0.15, -0.1) is 11.8 Å². The van der Waals surface area contributed by atoms with E-state index < -0.39 is 53.8 Å². The predicted molar refractivity (Wildman–Crippen MR) is 101 cm³/mol. The molecule has 2 aliphatic heterocycles. The molecule has 0 bridgehead atoms. The minimum atomic E-state index is -4.56. The fourth-order valence-electron chi connectivity index (χ4n) is 2.76. The molecule has 1 unspecified atom stereocenters. The first-order valence-corrected chi connectivity index (χ1v) is 9.55. The summed E-state index contributed by atoms with van der Waals surface area (Å²) < 4.78 is 38.8. The van der Waals surface area contributed by atoms with E-state index in [1.165, 1.54) is 18.2 Å². The van der Waals surface area contributed by atoms with Crippen molar-refractivity contribution in [1.82, 2.24) is 15.5 Å². The van der Waals surface area contributed by atoms with Crippen molar-refractivity contribution in [3.05, 3.63) is 46.9 Å². The van der Waals surface area contributed by atoms with Gasteiger partial charge in [0.25, 0.3) is 5.91 Å². The smallest absolute Gasteiger partial charge is 0.350 e. The molecule has 0 spiro atoms. The molecule has 1 atom stereocenters. The Labute approximate surface area is 172 Å². The van der Waals surface area contributed by atoms with Crippen LogP contribution in [0, 0.1) is 0 Å². The Balaban J connectivity index is 1.48. The lowest BCUT2D eigenvalue weighted by molar-refractivity contribution is -0.138. The lowest BCUT2D eigenvalue weighted by atomic mass is 10.1. The molecule has 12 heteroatoms. The Kier molecular flexibility index (Phi) is 6.25. The van der Waals surface area contributed by atoms with Gasteiger partial charge in [0.2, 0.25) is 11.8 Å². The zero-order chi connectivity index (χ0) is 21.9. The first kappa shape index (κ1) is 21.6. The molecule has 0 aliphatic carbocycles. The third-order valence-electron chi connectivity index (χ3n) is 4.21. The number of urea groups is 1. The number of nitrogens with zero attached hydrogens (tertiary/aromatic N) is 2. The minimum Gasteiger partial charge on any atom is -0.350 e. The summed E-state index contributed by atoms with van der Waals surface area (Å²) in [6, 6.07) is 3.92. The second-order valence-electron chi connectivity index (χ2n) is 6.27. The van der Waals surface area contributed by atoms with E-state index >= 15 is 0 Å². The van der Waals surface area contributed by atoms with Crippen molar-refractivity contribution in [2.24, 2.45) is 4.99 Å². The number of thioether (sulfide) groups is 1. The highest BCUT2D eigenvalue weighted by Gasteiger charge is 2.39. The Hall–Kier alpha value is -3.15. The highest BCUT2D eigenvalue weighted by molar-refractivity contribution is 8.04. The van der Waals surface area contributed by atoms with Crippen LogP contribution in [0.4, 0.5) is 18.0 Å². The van der Waals surface area contributed by atoms with E-state index in [-0.39, 0.29) is 12.1 Å². The van der Waals surface area contributed by atoms with Gasteiger partial charge < -0.3 is 10.6 Å². The van der Waals surface area contributed by atoms with Crippen molar-refractivity contribution in [1.29, 1.82) is 0 Å². The van der Waals surface area contributed by atoms with Gasteiger partial charge in [0.05, 0.1) is 17.8 Å². The standard InChI is InChI=1S/C18H15F3N4O4S/c19-18(20,21)11-4-2-1-3-10(11)7-22-13(26)8-23-14(27)9-25-16(28)15-12(5-6-30-15)24-17(25)29/h1-6,15H,7-9H2,(H,22,26)(H,23,27). The largest absolute Gasteiger partial charge is 0.416 e. The maximum absolute atomic E-state index is 12.9. The van der Waals surface area contributed by atoms with Crippen LogP contribution in [-0.4, -0.2) is 52.7 Å². The number of benzene rings is 1. The van der Waals surface area contributed by atoms with Crippen LogP contribution in [0.2, 0.25) is 0 Å². The number of allylic oxidation sites excluding steroid dienone is 1. The number of alkyl halides is 3. The van der Waals surface area contributed by atoms with E-state index in [0.717, 1.165) is 17.8 Å². The second kappa shape index (κ2) is 8.69. The van der Waals surface area contributed by atoms with Gasteiger partial charge in [0.1, 0.15) is 11.8 Å². The van der Waals surface area contributed by atoms with Gasteiger partial charge in [-0.1, -0.05) is 18.2 Å². The van der Waals surface area contributed by atoms with Crippen molar-refractivity contribution < 1.29 is 32.3 Å². The fourth-order valence-corrected chi connectivity index (χ4v) is 3.65. The topological polar surface area (TPSA) is 108 Å². The van der Waals surface area contributed by atoms with Crippen LogP contribution in [-0.2, 0) is 27.1 Å². The van der Waals surface area contributed by atoms with Crippen LogP contribution in [0.25, 0.3) is 0 Å². The Morgan fingerprint density at radius 2 is 1.87 bits per heavy atom. The fraction of sp³-hybridized carbons (Fsp3) is 0.278. The van der Waals surface area contributed by atoms with E-state index in [1.54, 1.807) is 11.5 Å². The molecule has 2 heterocycles. The normalized spacial score (nSPS) is 18.2. The SMILES string of the molecule is O=C(CNC(=O)CN1C(=O)N=C2C=CSC2C1=O)NCc1ccccc1C(F)(F)F.